The summed E-state index contributed by atoms with van der Waals surface area (Å²) >= 11 is -2.09. The molecule has 0 aromatic heterocycles. The molecule has 0 rings (SSSR count). The van der Waals surface area contributed by atoms with Crippen molar-refractivity contribution in [1.82, 2.24) is 0 Å². The van der Waals surface area contributed by atoms with E-state index in [4.69, 9.17) is 18.6 Å². The minimum absolute atomic E-state index is 0.614. The van der Waals surface area contributed by atoms with E-state index in [1.165, 1.54) is 0 Å². The maximum atomic E-state index is 9.31. The van der Waals surface area contributed by atoms with Gasteiger partial charge >= 0.3 is 43.7 Å². The summed E-state index contributed by atoms with van der Waals surface area (Å²) in [4.78, 5) is 9.31. The second-order valence-corrected chi connectivity index (χ2v) is 5.84. The Hall–Kier alpha value is 0.964. The third-order valence-electron chi connectivity index (χ3n) is 0.0891. The van der Waals surface area contributed by atoms with E-state index in [-0.39, 0.29) is 0 Å². The molecule has 0 aromatic rings. The third kappa shape index (κ3) is 4.96. The molecular weight excluding hydrogens is 147 g/mol. The van der Waals surface area contributed by atoms with Gasteiger partial charge in [-0.3, -0.25) is 0 Å². The molecule has 0 radical (unpaired) electrons. The Morgan fingerprint density at radius 3 is 1.80 bits per heavy atom. The van der Waals surface area contributed by atoms with Crippen molar-refractivity contribution in [3.63, 3.8) is 0 Å². The number of halogens is 2. The van der Waals surface area contributed by atoms with Gasteiger partial charge in [0.05, 0.1) is 0 Å². The Bertz CT molecular complexity index is 36.6. The summed E-state index contributed by atoms with van der Waals surface area (Å²) < 4.78 is 0.614. The van der Waals surface area contributed by atoms with Gasteiger partial charge in [-0.05, 0) is 0 Å². The molecule has 0 N–H and O–H groups in total. The van der Waals surface area contributed by atoms with E-state index >= 15 is 0 Å². The van der Waals surface area contributed by atoms with Gasteiger partial charge in [-0.25, -0.2) is 0 Å². The molecule has 0 unspecified atom stereocenters. The van der Waals surface area contributed by atoms with Crippen molar-refractivity contribution in [1.29, 1.82) is 0 Å². The zero-order chi connectivity index (χ0) is 4.28. The Kier molecular flexibility index (Phi) is 3.78. The summed E-state index contributed by atoms with van der Waals surface area (Å²) in [6.07, 6.45) is 0. The van der Waals surface area contributed by atoms with Crippen molar-refractivity contribution < 1.29 is 20.5 Å². The molecule has 0 fully saturated rings. The first-order chi connectivity index (χ1) is 2.27. The van der Waals surface area contributed by atoms with Crippen molar-refractivity contribution in [2.45, 2.75) is 0 Å². The molecule has 29 valence electrons. The van der Waals surface area contributed by atoms with Crippen LogP contribution < -0.4 is 0 Å². The van der Waals surface area contributed by atoms with Crippen LogP contribution in [0.2, 0.25) is 0 Å². The van der Waals surface area contributed by atoms with E-state index in [0.29, 0.717) is 4.59 Å². The second-order valence-electron chi connectivity index (χ2n) is 0.407. The first-order valence-corrected chi connectivity index (χ1v) is 6.10. The summed E-state index contributed by atoms with van der Waals surface area (Å²) in [5, 5.41) is 0. The molecule has 0 aromatic carbocycles. The van der Waals surface area contributed by atoms with Crippen molar-refractivity contribution in [3.8, 4) is 0 Å². The molecule has 0 saturated carbocycles. The molecule has 1 nitrogen and oxygen atoms in total. The van der Waals surface area contributed by atoms with Gasteiger partial charge in [0.25, 0.3) is 0 Å². The Balaban J connectivity index is 2.83. The predicted molar refractivity (Wildman–Crippen MR) is 18.5 cm³/mol. The summed E-state index contributed by atoms with van der Waals surface area (Å²) in [5.41, 5.74) is 0. The Labute approximate surface area is 43.8 Å². The van der Waals surface area contributed by atoms with E-state index < -0.39 is 15.7 Å². The summed E-state index contributed by atoms with van der Waals surface area (Å²) in [7, 11) is 10.1. The number of carbonyl (C=O) groups is 1. The standard InChI is InChI=1S/CHO.2ClH.Ti/c1-2;;;/h1H;2*1H;/q;;;+2/p-2. The molecule has 0 aliphatic carbocycles. The molecule has 0 saturated heterocycles. The third-order valence-corrected chi connectivity index (χ3v) is 1.10. The summed E-state index contributed by atoms with van der Waals surface area (Å²) in [5.74, 6) is 0. The van der Waals surface area contributed by atoms with Gasteiger partial charge in [-0.15, -0.1) is 0 Å². The van der Waals surface area contributed by atoms with Crippen LogP contribution in [0.1, 0.15) is 0 Å². The van der Waals surface area contributed by atoms with Crippen LogP contribution in [-0.4, -0.2) is 4.59 Å². The quantitative estimate of drug-likeness (QED) is 0.401. The number of hydrogen-bond acceptors (Lipinski definition) is 1. The van der Waals surface area contributed by atoms with Gasteiger partial charge in [0.2, 0.25) is 0 Å². The van der Waals surface area contributed by atoms with Gasteiger partial charge < -0.3 is 0 Å². The molecular formula is CHCl2OTi. The normalized spacial score (nSPS) is 6.80. The molecule has 0 aliphatic rings. The van der Waals surface area contributed by atoms with Crippen LogP contribution in [0.15, 0.2) is 0 Å². The average Bonchev–Trinajstić information content (AvgIpc) is 1.38. The average molecular weight is 148 g/mol. The van der Waals surface area contributed by atoms with Crippen LogP contribution in [-0.2, 0) is 20.5 Å². The van der Waals surface area contributed by atoms with Crippen molar-refractivity contribution in [3.05, 3.63) is 0 Å². The Morgan fingerprint density at radius 1 is 1.60 bits per heavy atom. The topological polar surface area (TPSA) is 17.1 Å². The van der Waals surface area contributed by atoms with Crippen molar-refractivity contribution >= 4 is 23.2 Å². The fourth-order valence-corrected chi connectivity index (χ4v) is 0. The molecule has 0 heterocycles. The predicted octanol–water partition coefficient (Wildman–Crippen LogP) is 1.10. The van der Waals surface area contributed by atoms with E-state index in [1.807, 2.05) is 0 Å². The van der Waals surface area contributed by atoms with Crippen LogP contribution >= 0.6 is 18.6 Å². The molecule has 4 heteroatoms. The van der Waals surface area contributed by atoms with Crippen LogP contribution in [0.5, 0.6) is 0 Å². The summed E-state index contributed by atoms with van der Waals surface area (Å²) in [6, 6.07) is 0. The molecule has 0 bridgehead atoms. The zero-order valence-corrected chi connectivity index (χ0v) is 5.31. The first kappa shape index (κ1) is 5.96. The first-order valence-electron chi connectivity index (χ1n) is 0.902. The van der Waals surface area contributed by atoms with Crippen molar-refractivity contribution in [2.24, 2.45) is 0 Å². The molecule has 5 heavy (non-hydrogen) atoms. The summed E-state index contributed by atoms with van der Waals surface area (Å²) in [6.45, 7) is 0. The monoisotopic (exact) mass is 147 g/mol. The zero-order valence-electron chi connectivity index (χ0n) is 2.24. The van der Waals surface area contributed by atoms with Gasteiger partial charge in [0.15, 0.2) is 0 Å². The van der Waals surface area contributed by atoms with Crippen molar-refractivity contribution in [2.75, 3.05) is 0 Å². The Morgan fingerprint density at radius 2 is 1.80 bits per heavy atom. The molecule has 0 amide bonds. The van der Waals surface area contributed by atoms with Crippen LogP contribution in [0.4, 0.5) is 0 Å². The van der Waals surface area contributed by atoms with Gasteiger partial charge in [-0.2, -0.15) is 0 Å². The van der Waals surface area contributed by atoms with Gasteiger partial charge in [0, 0.05) is 0 Å². The van der Waals surface area contributed by atoms with E-state index in [9.17, 15) is 4.79 Å². The maximum absolute atomic E-state index is 9.31. The molecule has 0 spiro atoms. The van der Waals surface area contributed by atoms with Crippen LogP contribution in [0.3, 0.4) is 0 Å². The fourth-order valence-electron chi connectivity index (χ4n) is 0. The number of rotatable bonds is 1. The van der Waals surface area contributed by atoms with E-state index in [0.717, 1.165) is 0 Å². The van der Waals surface area contributed by atoms with Crippen LogP contribution in [0, 0.1) is 0 Å². The van der Waals surface area contributed by atoms with Gasteiger partial charge in [-0.1, -0.05) is 0 Å². The fraction of sp³-hybridized carbons (Fsp3) is 0. The molecule has 0 aliphatic heterocycles. The van der Waals surface area contributed by atoms with Crippen LogP contribution in [0.25, 0.3) is 0 Å². The number of hydrogen-bond donors (Lipinski definition) is 0. The second kappa shape index (κ2) is 3.17. The number of carbonyl (C=O) groups excluding carboxylic acids is 1. The van der Waals surface area contributed by atoms with Gasteiger partial charge in [0.1, 0.15) is 0 Å². The molecule has 0 atom stereocenters. The minimum atomic E-state index is -2.09. The van der Waals surface area contributed by atoms with E-state index in [2.05, 4.69) is 0 Å². The van der Waals surface area contributed by atoms with E-state index in [1.54, 1.807) is 0 Å². The SMILES string of the molecule is O=[CH][Ti]([Cl])[Cl].